The molecule has 0 radical (unpaired) electrons. The number of hydrogen-bond acceptors (Lipinski definition) is 5. The summed E-state index contributed by atoms with van der Waals surface area (Å²) < 4.78 is 5.41. The van der Waals surface area contributed by atoms with Crippen molar-refractivity contribution in [1.82, 2.24) is 20.2 Å². The minimum Gasteiger partial charge on any atom is -0.444 e. The van der Waals surface area contributed by atoms with Crippen molar-refractivity contribution in [3.63, 3.8) is 0 Å². The molecular weight excluding hydrogens is 356 g/mol. The molecule has 0 bridgehead atoms. The summed E-state index contributed by atoms with van der Waals surface area (Å²) in [7, 11) is 0. The van der Waals surface area contributed by atoms with E-state index in [1.165, 1.54) is 0 Å². The lowest BCUT2D eigenvalue weighted by atomic mass is 10.0. The molecule has 7 heteroatoms. The van der Waals surface area contributed by atoms with Crippen LogP contribution in [0.15, 0.2) is 18.2 Å². The van der Waals surface area contributed by atoms with E-state index in [-0.39, 0.29) is 18.0 Å². The summed E-state index contributed by atoms with van der Waals surface area (Å²) in [6.07, 6.45) is 1.11. The number of fused-ring (bicyclic) bond motifs is 1. The maximum Gasteiger partial charge on any atom is 0.410 e. The number of rotatable bonds is 2. The van der Waals surface area contributed by atoms with Crippen LogP contribution in [0.2, 0.25) is 0 Å². The molecule has 0 atom stereocenters. The van der Waals surface area contributed by atoms with Gasteiger partial charge in [0.1, 0.15) is 5.60 Å². The Bertz CT molecular complexity index is 896. The Balaban J connectivity index is 1.59. The number of hydrogen-bond donors (Lipinski definition) is 1. The van der Waals surface area contributed by atoms with Gasteiger partial charge in [-0.2, -0.15) is 0 Å². The number of amides is 2. The van der Waals surface area contributed by atoms with Crippen molar-refractivity contribution in [3.05, 3.63) is 35.2 Å². The molecule has 1 aliphatic rings. The molecule has 0 unspecified atom stereocenters. The Morgan fingerprint density at radius 3 is 2.29 bits per heavy atom. The predicted octanol–water partition coefficient (Wildman–Crippen LogP) is 3.38. The van der Waals surface area contributed by atoms with Gasteiger partial charge in [-0.1, -0.05) is 0 Å². The first kappa shape index (κ1) is 20.0. The lowest BCUT2D eigenvalue weighted by Gasteiger charge is -2.33. The van der Waals surface area contributed by atoms with E-state index in [1.807, 2.05) is 40.7 Å². The van der Waals surface area contributed by atoms with Crippen molar-refractivity contribution in [2.45, 2.75) is 59.1 Å². The van der Waals surface area contributed by atoms with Crippen LogP contribution in [0.1, 0.15) is 55.4 Å². The highest BCUT2D eigenvalue weighted by Crippen LogP contribution is 2.17. The zero-order valence-corrected chi connectivity index (χ0v) is 17.2. The minimum absolute atomic E-state index is 0.0349. The Morgan fingerprint density at radius 2 is 1.68 bits per heavy atom. The SMILES string of the molecule is Cc1nc2ccc(C(=O)NC3CCN(C(=O)OC(C)(C)C)CC3)cc2nc1C. The molecule has 150 valence electrons. The number of carbonyl (C=O) groups excluding carboxylic acids is 2. The molecule has 3 rings (SSSR count). The van der Waals surface area contributed by atoms with Crippen molar-refractivity contribution >= 4 is 23.0 Å². The van der Waals surface area contributed by atoms with E-state index < -0.39 is 5.60 Å². The van der Waals surface area contributed by atoms with E-state index in [1.54, 1.807) is 17.0 Å². The highest BCUT2D eigenvalue weighted by atomic mass is 16.6. The summed E-state index contributed by atoms with van der Waals surface area (Å²) in [6.45, 7) is 10.5. The first-order valence-corrected chi connectivity index (χ1v) is 9.66. The number of likely N-dealkylation sites (tertiary alicyclic amines) is 1. The molecule has 1 aromatic carbocycles. The quantitative estimate of drug-likeness (QED) is 0.858. The van der Waals surface area contributed by atoms with Gasteiger partial charge in [-0.25, -0.2) is 14.8 Å². The third-order valence-electron chi connectivity index (χ3n) is 4.82. The summed E-state index contributed by atoms with van der Waals surface area (Å²) in [5, 5.41) is 3.07. The predicted molar refractivity (Wildman–Crippen MR) is 107 cm³/mol. The second-order valence-electron chi connectivity index (χ2n) is 8.31. The van der Waals surface area contributed by atoms with Crippen LogP contribution in [0.5, 0.6) is 0 Å². The van der Waals surface area contributed by atoms with Gasteiger partial charge in [-0.3, -0.25) is 4.79 Å². The average Bonchev–Trinajstić information content (AvgIpc) is 2.61. The van der Waals surface area contributed by atoms with Gasteiger partial charge in [-0.05, 0) is 65.7 Å². The Hall–Kier alpha value is -2.70. The molecule has 2 aromatic rings. The van der Waals surface area contributed by atoms with Crippen LogP contribution >= 0.6 is 0 Å². The molecule has 1 saturated heterocycles. The molecule has 7 nitrogen and oxygen atoms in total. The molecule has 2 heterocycles. The highest BCUT2D eigenvalue weighted by Gasteiger charge is 2.27. The lowest BCUT2D eigenvalue weighted by Crippen LogP contribution is -2.47. The van der Waals surface area contributed by atoms with Crippen LogP contribution < -0.4 is 5.32 Å². The minimum atomic E-state index is -0.502. The fraction of sp³-hybridized carbons (Fsp3) is 0.524. The van der Waals surface area contributed by atoms with Crippen molar-refractivity contribution in [2.24, 2.45) is 0 Å². The van der Waals surface area contributed by atoms with Crippen LogP contribution in [0.3, 0.4) is 0 Å². The average molecular weight is 384 g/mol. The zero-order chi connectivity index (χ0) is 20.5. The van der Waals surface area contributed by atoms with Crippen molar-refractivity contribution in [1.29, 1.82) is 0 Å². The third-order valence-corrected chi connectivity index (χ3v) is 4.82. The van der Waals surface area contributed by atoms with Crippen LogP contribution in [-0.4, -0.2) is 51.6 Å². The van der Waals surface area contributed by atoms with Crippen molar-refractivity contribution in [2.75, 3.05) is 13.1 Å². The van der Waals surface area contributed by atoms with Crippen molar-refractivity contribution < 1.29 is 14.3 Å². The summed E-state index contributed by atoms with van der Waals surface area (Å²) in [4.78, 5) is 35.5. The number of aromatic nitrogens is 2. The van der Waals surface area contributed by atoms with Crippen LogP contribution in [0, 0.1) is 13.8 Å². The van der Waals surface area contributed by atoms with Crippen LogP contribution in [-0.2, 0) is 4.74 Å². The summed E-state index contributed by atoms with van der Waals surface area (Å²) >= 11 is 0. The standard InChI is InChI=1S/C21H28N4O3/c1-13-14(2)23-18-12-15(6-7-17(18)22-13)19(26)24-16-8-10-25(11-9-16)20(27)28-21(3,4)5/h6-7,12,16H,8-11H2,1-5H3,(H,24,26). The number of benzene rings is 1. The van der Waals surface area contributed by atoms with E-state index in [9.17, 15) is 9.59 Å². The number of piperidine rings is 1. The van der Waals surface area contributed by atoms with Gasteiger partial charge in [0.2, 0.25) is 0 Å². The lowest BCUT2D eigenvalue weighted by molar-refractivity contribution is 0.0199. The molecule has 1 N–H and O–H groups in total. The maximum atomic E-state index is 12.6. The van der Waals surface area contributed by atoms with Gasteiger partial charge in [0, 0.05) is 24.7 Å². The third kappa shape index (κ3) is 4.77. The Morgan fingerprint density at radius 1 is 1.07 bits per heavy atom. The Kier molecular flexibility index (Phi) is 5.54. The molecule has 0 saturated carbocycles. The summed E-state index contributed by atoms with van der Waals surface area (Å²) in [5.41, 5.74) is 3.32. The van der Waals surface area contributed by atoms with E-state index in [0.29, 0.717) is 31.5 Å². The molecular formula is C21H28N4O3. The number of ether oxygens (including phenoxy) is 1. The molecule has 2 amide bonds. The van der Waals surface area contributed by atoms with Gasteiger partial charge >= 0.3 is 6.09 Å². The normalized spacial score (nSPS) is 15.5. The number of aryl methyl sites for hydroxylation is 2. The molecule has 28 heavy (non-hydrogen) atoms. The highest BCUT2D eigenvalue weighted by molar-refractivity contribution is 5.97. The van der Waals surface area contributed by atoms with Gasteiger partial charge in [0.05, 0.1) is 22.4 Å². The number of carbonyl (C=O) groups is 2. The Labute approximate surface area is 165 Å². The zero-order valence-electron chi connectivity index (χ0n) is 17.2. The maximum absolute atomic E-state index is 12.6. The van der Waals surface area contributed by atoms with Crippen LogP contribution in [0.25, 0.3) is 11.0 Å². The van der Waals surface area contributed by atoms with Crippen LogP contribution in [0.4, 0.5) is 4.79 Å². The van der Waals surface area contributed by atoms with E-state index >= 15 is 0 Å². The smallest absolute Gasteiger partial charge is 0.410 e. The first-order chi connectivity index (χ1) is 13.1. The van der Waals surface area contributed by atoms with Gasteiger partial charge in [0.25, 0.3) is 5.91 Å². The van der Waals surface area contributed by atoms with E-state index in [2.05, 4.69) is 15.3 Å². The summed E-state index contributed by atoms with van der Waals surface area (Å²) in [5.74, 6) is -0.127. The molecule has 0 aliphatic carbocycles. The topological polar surface area (TPSA) is 84.4 Å². The largest absolute Gasteiger partial charge is 0.444 e. The second-order valence-corrected chi connectivity index (χ2v) is 8.31. The molecule has 1 aromatic heterocycles. The van der Waals surface area contributed by atoms with E-state index in [0.717, 1.165) is 22.4 Å². The molecule has 0 spiro atoms. The molecule has 1 fully saturated rings. The number of nitrogens with one attached hydrogen (secondary N) is 1. The van der Waals surface area contributed by atoms with Gasteiger partial charge < -0.3 is 15.0 Å². The fourth-order valence-electron chi connectivity index (χ4n) is 3.17. The van der Waals surface area contributed by atoms with Crippen molar-refractivity contribution in [3.8, 4) is 0 Å². The number of nitrogens with zero attached hydrogens (tertiary/aromatic N) is 3. The van der Waals surface area contributed by atoms with Gasteiger partial charge in [-0.15, -0.1) is 0 Å². The van der Waals surface area contributed by atoms with Gasteiger partial charge in [0.15, 0.2) is 0 Å². The van der Waals surface area contributed by atoms with E-state index in [4.69, 9.17) is 4.74 Å². The first-order valence-electron chi connectivity index (χ1n) is 9.66. The molecule has 1 aliphatic heterocycles. The second kappa shape index (κ2) is 7.73. The summed E-state index contributed by atoms with van der Waals surface area (Å²) in [6, 6.07) is 5.42. The fourth-order valence-corrected chi connectivity index (χ4v) is 3.17. The monoisotopic (exact) mass is 384 g/mol.